The number of aliphatic carboxylic acids is 1. The highest BCUT2D eigenvalue weighted by Gasteiger charge is 2.07. The van der Waals surface area contributed by atoms with E-state index in [0.29, 0.717) is 29.3 Å². The quantitative estimate of drug-likeness (QED) is 0.815. The highest BCUT2D eigenvalue weighted by atomic mass is 16.5. The Morgan fingerprint density at radius 1 is 1.04 bits per heavy atom. The number of hydrogen-bond donors (Lipinski definition) is 2. The molecule has 0 saturated carbocycles. The maximum Gasteiger partial charge on any atom is 0.307 e. The van der Waals surface area contributed by atoms with Crippen LogP contribution in [-0.2, 0) is 11.2 Å². The molecule has 2 aromatic carbocycles. The van der Waals surface area contributed by atoms with Crippen LogP contribution in [-0.4, -0.2) is 23.6 Å². The number of carboxylic acid groups (broad SMARTS) is 1. The van der Waals surface area contributed by atoms with Crippen molar-refractivity contribution >= 4 is 17.6 Å². The second-order valence-corrected chi connectivity index (χ2v) is 5.95. The molecule has 0 aliphatic rings. The SMILES string of the molecule is CC(C)COc1ccc(C(=O)Nc2ccc(CC(=O)O)cc2)cc1. The predicted molar refractivity (Wildman–Crippen MR) is 92.5 cm³/mol. The molecule has 0 aliphatic carbocycles. The Bertz CT molecular complexity index is 690. The molecule has 2 aromatic rings. The molecule has 0 radical (unpaired) electrons. The Labute approximate surface area is 141 Å². The molecule has 0 bridgehead atoms. The normalized spacial score (nSPS) is 10.5. The minimum Gasteiger partial charge on any atom is -0.493 e. The van der Waals surface area contributed by atoms with Crippen molar-refractivity contribution in [3.63, 3.8) is 0 Å². The smallest absolute Gasteiger partial charge is 0.307 e. The Hall–Kier alpha value is -2.82. The average molecular weight is 327 g/mol. The van der Waals surface area contributed by atoms with Crippen LogP contribution in [0.5, 0.6) is 5.75 Å². The summed E-state index contributed by atoms with van der Waals surface area (Å²) in [4.78, 5) is 22.9. The Balaban J connectivity index is 1.95. The van der Waals surface area contributed by atoms with Gasteiger partial charge in [-0.25, -0.2) is 0 Å². The first-order chi connectivity index (χ1) is 11.4. The average Bonchev–Trinajstić information content (AvgIpc) is 2.54. The summed E-state index contributed by atoms with van der Waals surface area (Å²) < 4.78 is 5.59. The first-order valence-electron chi connectivity index (χ1n) is 7.79. The van der Waals surface area contributed by atoms with E-state index in [1.54, 1.807) is 48.5 Å². The van der Waals surface area contributed by atoms with E-state index in [1.165, 1.54) is 0 Å². The maximum atomic E-state index is 12.2. The lowest BCUT2D eigenvalue weighted by molar-refractivity contribution is -0.136. The topological polar surface area (TPSA) is 75.6 Å². The molecule has 2 rings (SSSR count). The number of hydrogen-bond acceptors (Lipinski definition) is 3. The number of carboxylic acids is 1. The molecule has 5 heteroatoms. The summed E-state index contributed by atoms with van der Waals surface area (Å²) in [6.07, 6.45) is -0.0356. The number of carbonyl (C=O) groups excluding carboxylic acids is 1. The number of anilines is 1. The second-order valence-electron chi connectivity index (χ2n) is 5.95. The van der Waals surface area contributed by atoms with Gasteiger partial charge in [-0.15, -0.1) is 0 Å². The maximum absolute atomic E-state index is 12.2. The van der Waals surface area contributed by atoms with Crippen LogP contribution in [0.4, 0.5) is 5.69 Å². The summed E-state index contributed by atoms with van der Waals surface area (Å²) in [7, 11) is 0. The summed E-state index contributed by atoms with van der Waals surface area (Å²) >= 11 is 0. The van der Waals surface area contributed by atoms with E-state index in [-0.39, 0.29) is 12.3 Å². The zero-order chi connectivity index (χ0) is 17.5. The van der Waals surface area contributed by atoms with Gasteiger partial charge >= 0.3 is 5.97 Å². The van der Waals surface area contributed by atoms with Gasteiger partial charge in [-0.1, -0.05) is 26.0 Å². The largest absolute Gasteiger partial charge is 0.493 e. The van der Waals surface area contributed by atoms with Crippen LogP contribution >= 0.6 is 0 Å². The van der Waals surface area contributed by atoms with E-state index in [0.717, 1.165) is 5.75 Å². The molecule has 24 heavy (non-hydrogen) atoms. The van der Waals surface area contributed by atoms with Gasteiger partial charge in [-0.2, -0.15) is 0 Å². The fourth-order valence-corrected chi connectivity index (χ4v) is 2.05. The standard InChI is InChI=1S/C19H21NO4/c1-13(2)12-24-17-9-5-15(6-10-17)19(23)20-16-7-3-14(4-8-16)11-18(21)22/h3-10,13H,11-12H2,1-2H3,(H,20,23)(H,21,22). The molecule has 0 spiro atoms. The van der Waals surface area contributed by atoms with Gasteiger partial charge in [0.2, 0.25) is 0 Å². The number of amides is 1. The second kappa shape index (κ2) is 8.15. The molecular formula is C19H21NO4. The lowest BCUT2D eigenvalue weighted by atomic mass is 10.1. The summed E-state index contributed by atoms with van der Waals surface area (Å²) in [6, 6.07) is 13.7. The molecule has 0 aliphatic heterocycles. The van der Waals surface area contributed by atoms with E-state index in [1.807, 2.05) is 0 Å². The summed E-state index contributed by atoms with van der Waals surface area (Å²) in [6.45, 7) is 4.78. The van der Waals surface area contributed by atoms with Gasteiger partial charge in [-0.05, 0) is 47.9 Å². The van der Waals surface area contributed by atoms with E-state index >= 15 is 0 Å². The minimum atomic E-state index is -0.883. The van der Waals surface area contributed by atoms with Crippen LogP contribution in [0.25, 0.3) is 0 Å². The zero-order valence-electron chi connectivity index (χ0n) is 13.8. The first-order valence-corrected chi connectivity index (χ1v) is 7.79. The Morgan fingerprint density at radius 3 is 2.21 bits per heavy atom. The molecule has 126 valence electrons. The van der Waals surface area contributed by atoms with Gasteiger partial charge in [0.05, 0.1) is 13.0 Å². The van der Waals surface area contributed by atoms with Crippen molar-refractivity contribution in [1.82, 2.24) is 0 Å². The van der Waals surface area contributed by atoms with Crippen LogP contribution in [0.1, 0.15) is 29.8 Å². The highest BCUT2D eigenvalue weighted by molar-refractivity contribution is 6.04. The molecular weight excluding hydrogens is 306 g/mol. The number of nitrogens with one attached hydrogen (secondary N) is 1. The van der Waals surface area contributed by atoms with Crippen LogP contribution in [0, 0.1) is 5.92 Å². The molecule has 2 N–H and O–H groups in total. The van der Waals surface area contributed by atoms with Gasteiger partial charge in [0.25, 0.3) is 5.91 Å². The van der Waals surface area contributed by atoms with Gasteiger partial charge < -0.3 is 15.2 Å². The van der Waals surface area contributed by atoms with Crippen molar-refractivity contribution in [1.29, 1.82) is 0 Å². The van der Waals surface area contributed by atoms with Crippen LogP contribution < -0.4 is 10.1 Å². The van der Waals surface area contributed by atoms with Gasteiger partial charge in [0.1, 0.15) is 5.75 Å². The van der Waals surface area contributed by atoms with Crippen molar-refractivity contribution in [2.24, 2.45) is 5.92 Å². The van der Waals surface area contributed by atoms with Crippen molar-refractivity contribution < 1.29 is 19.4 Å². The number of ether oxygens (including phenoxy) is 1. The van der Waals surface area contributed by atoms with Crippen LogP contribution in [0.2, 0.25) is 0 Å². The van der Waals surface area contributed by atoms with Crippen molar-refractivity contribution in [3.05, 3.63) is 59.7 Å². The Kier molecular flexibility index (Phi) is 5.95. The molecule has 0 saturated heterocycles. The fraction of sp³-hybridized carbons (Fsp3) is 0.263. The lowest BCUT2D eigenvalue weighted by Gasteiger charge is -2.10. The van der Waals surface area contributed by atoms with E-state index in [4.69, 9.17) is 9.84 Å². The summed E-state index contributed by atoms with van der Waals surface area (Å²) in [5.41, 5.74) is 1.84. The Morgan fingerprint density at radius 2 is 1.67 bits per heavy atom. The van der Waals surface area contributed by atoms with E-state index < -0.39 is 5.97 Å². The lowest BCUT2D eigenvalue weighted by Crippen LogP contribution is -2.12. The number of carbonyl (C=O) groups is 2. The molecule has 0 heterocycles. The number of benzene rings is 2. The van der Waals surface area contributed by atoms with Gasteiger partial charge in [0.15, 0.2) is 0 Å². The van der Waals surface area contributed by atoms with Crippen molar-refractivity contribution in [2.45, 2.75) is 20.3 Å². The monoisotopic (exact) mass is 327 g/mol. The third kappa shape index (κ3) is 5.43. The predicted octanol–water partition coefficient (Wildman–Crippen LogP) is 3.60. The van der Waals surface area contributed by atoms with Crippen LogP contribution in [0.15, 0.2) is 48.5 Å². The van der Waals surface area contributed by atoms with Crippen molar-refractivity contribution in [3.8, 4) is 5.75 Å². The molecule has 0 atom stereocenters. The third-order valence-electron chi connectivity index (χ3n) is 3.27. The molecule has 0 unspecified atom stereocenters. The zero-order valence-corrected chi connectivity index (χ0v) is 13.8. The van der Waals surface area contributed by atoms with Crippen LogP contribution in [0.3, 0.4) is 0 Å². The summed E-state index contributed by atoms with van der Waals surface area (Å²) in [5, 5.41) is 11.5. The molecule has 5 nitrogen and oxygen atoms in total. The molecule has 1 amide bonds. The third-order valence-corrected chi connectivity index (χ3v) is 3.27. The number of rotatable bonds is 7. The molecule has 0 fully saturated rings. The summed E-state index contributed by atoms with van der Waals surface area (Å²) in [5.74, 6) is 0.0679. The van der Waals surface area contributed by atoms with E-state index in [9.17, 15) is 9.59 Å². The van der Waals surface area contributed by atoms with Gasteiger partial charge in [0, 0.05) is 11.3 Å². The minimum absolute atomic E-state index is 0.0356. The first kappa shape index (κ1) is 17.5. The molecule has 0 aromatic heterocycles. The fourth-order valence-electron chi connectivity index (χ4n) is 2.05. The van der Waals surface area contributed by atoms with Gasteiger partial charge in [-0.3, -0.25) is 9.59 Å². The highest BCUT2D eigenvalue weighted by Crippen LogP contribution is 2.16. The van der Waals surface area contributed by atoms with Crippen molar-refractivity contribution in [2.75, 3.05) is 11.9 Å². The van der Waals surface area contributed by atoms with E-state index in [2.05, 4.69) is 19.2 Å².